The van der Waals surface area contributed by atoms with Crippen LogP contribution < -0.4 is 14.8 Å². The van der Waals surface area contributed by atoms with Gasteiger partial charge in [-0.25, -0.2) is 4.98 Å². The van der Waals surface area contributed by atoms with Crippen molar-refractivity contribution >= 4 is 17.4 Å². The molecule has 3 aromatic carbocycles. The van der Waals surface area contributed by atoms with Crippen molar-refractivity contribution in [3.8, 4) is 34.3 Å². The van der Waals surface area contributed by atoms with Gasteiger partial charge in [-0.05, 0) is 43.3 Å². The normalized spacial score (nSPS) is 10.5. The highest BCUT2D eigenvalue weighted by molar-refractivity contribution is 6.08. The summed E-state index contributed by atoms with van der Waals surface area (Å²) in [4.78, 5) is 29.1. The average molecular weight is 442 g/mol. The third-order valence-corrected chi connectivity index (χ3v) is 5.11. The summed E-state index contributed by atoms with van der Waals surface area (Å²) in [6, 6.07) is 19.2. The molecule has 0 aliphatic heterocycles. The van der Waals surface area contributed by atoms with Crippen LogP contribution in [0.2, 0.25) is 0 Å². The maximum Gasteiger partial charge on any atom is 0.256 e. The highest BCUT2D eigenvalue weighted by Gasteiger charge is 2.19. The standard InChI is InChI=1S/C26H22N2O5/c1-16(29)17-7-6-8-18(13-17)28-25(30)20-9-4-5-10-21(20)26-27-15-24(33-26)22-12-11-19(31-2)14-23(22)32-3/h4-15H,1-3H3,(H,28,30). The Kier molecular flexibility index (Phi) is 6.22. The van der Waals surface area contributed by atoms with E-state index in [2.05, 4.69) is 10.3 Å². The van der Waals surface area contributed by atoms with Gasteiger partial charge in [0.1, 0.15) is 11.5 Å². The van der Waals surface area contributed by atoms with Crippen molar-refractivity contribution < 1.29 is 23.5 Å². The maximum atomic E-state index is 13.0. The number of carbonyl (C=O) groups excluding carboxylic acids is 2. The second-order valence-corrected chi connectivity index (χ2v) is 7.23. The molecular weight excluding hydrogens is 420 g/mol. The summed E-state index contributed by atoms with van der Waals surface area (Å²) in [5.74, 6) is 1.61. The van der Waals surface area contributed by atoms with Crippen molar-refractivity contribution in [1.29, 1.82) is 0 Å². The summed E-state index contributed by atoms with van der Waals surface area (Å²) < 4.78 is 16.7. The summed E-state index contributed by atoms with van der Waals surface area (Å²) in [5.41, 5.74) is 2.68. The highest BCUT2D eigenvalue weighted by Crippen LogP contribution is 2.35. The molecule has 0 aliphatic rings. The van der Waals surface area contributed by atoms with Gasteiger partial charge in [0.2, 0.25) is 5.89 Å². The van der Waals surface area contributed by atoms with Gasteiger partial charge in [-0.2, -0.15) is 0 Å². The number of rotatable bonds is 7. The second-order valence-electron chi connectivity index (χ2n) is 7.23. The summed E-state index contributed by atoms with van der Waals surface area (Å²) in [6.45, 7) is 1.48. The quantitative estimate of drug-likeness (QED) is 0.381. The van der Waals surface area contributed by atoms with Crippen LogP contribution in [0.1, 0.15) is 27.6 Å². The van der Waals surface area contributed by atoms with Crippen LogP contribution in [0.3, 0.4) is 0 Å². The Morgan fingerprint density at radius 2 is 1.73 bits per heavy atom. The first kappa shape index (κ1) is 21.8. The molecule has 33 heavy (non-hydrogen) atoms. The van der Waals surface area contributed by atoms with Crippen LogP contribution in [-0.4, -0.2) is 30.9 Å². The van der Waals surface area contributed by atoms with E-state index in [0.717, 1.165) is 0 Å². The largest absolute Gasteiger partial charge is 0.497 e. The van der Waals surface area contributed by atoms with E-state index >= 15 is 0 Å². The lowest BCUT2D eigenvalue weighted by molar-refractivity contribution is 0.101. The molecule has 0 saturated heterocycles. The Labute approximate surface area is 191 Å². The Bertz CT molecular complexity index is 1330. The minimum absolute atomic E-state index is 0.0761. The van der Waals surface area contributed by atoms with Crippen LogP contribution in [0, 0.1) is 0 Å². The number of anilines is 1. The number of ketones is 1. The van der Waals surface area contributed by atoms with E-state index in [0.29, 0.717) is 51.1 Å². The number of carbonyl (C=O) groups is 2. The molecule has 1 amide bonds. The Morgan fingerprint density at radius 3 is 2.48 bits per heavy atom. The highest BCUT2D eigenvalue weighted by atomic mass is 16.5. The summed E-state index contributed by atoms with van der Waals surface area (Å²) in [5, 5.41) is 2.84. The number of ether oxygens (including phenoxy) is 2. The maximum absolute atomic E-state index is 13.0. The molecule has 0 saturated carbocycles. The van der Waals surface area contributed by atoms with E-state index in [9.17, 15) is 9.59 Å². The monoisotopic (exact) mass is 442 g/mol. The lowest BCUT2D eigenvalue weighted by Gasteiger charge is -2.09. The predicted octanol–water partition coefficient (Wildman–Crippen LogP) is 5.48. The van der Waals surface area contributed by atoms with Crippen molar-refractivity contribution in [2.24, 2.45) is 0 Å². The number of hydrogen-bond acceptors (Lipinski definition) is 6. The molecule has 0 bridgehead atoms. The molecule has 0 unspecified atom stereocenters. The number of amides is 1. The molecule has 0 atom stereocenters. The van der Waals surface area contributed by atoms with E-state index in [1.807, 2.05) is 6.07 Å². The average Bonchev–Trinajstić information content (AvgIpc) is 3.33. The third kappa shape index (κ3) is 4.62. The Balaban J connectivity index is 1.65. The fourth-order valence-corrected chi connectivity index (χ4v) is 3.41. The van der Waals surface area contributed by atoms with Gasteiger partial charge in [0.05, 0.1) is 31.5 Å². The van der Waals surface area contributed by atoms with E-state index in [1.54, 1.807) is 81.1 Å². The zero-order valence-corrected chi connectivity index (χ0v) is 18.4. The minimum Gasteiger partial charge on any atom is -0.497 e. The topological polar surface area (TPSA) is 90.7 Å². The van der Waals surface area contributed by atoms with Crippen molar-refractivity contribution in [1.82, 2.24) is 4.98 Å². The van der Waals surface area contributed by atoms with Gasteiger partial charge < -0.3 is 19.2 Å². The number of nitrogens with zero attached hydrogens (tertiary/aromatic N) is 1. The number of methoxy groups -OCH3 is 2. The van der Waals surface area contributed by atoms with Crippen LogP contribution in [0.25, 0.3) is 22.8 Å². The summed E-state index contributed by atoms with van der Waals surface area (Å²) in [6.07, 6.45) is 1.59. The fraction of sp³-hybridized carbons (Fsp3) is 0.115. The first-order chi connectivity index (χ1) is 16.0. The molecule has 1 aromatic heterocycles. The van der Waals surface area contributed by atoms with Gasteiger partial charge >= 0.3 is 0 Å². The molecule has 166 valence electrons. The summed E-state index contributed by atoms with van der Waals surface area (Å²) in [7, 11) is 3.15. The molecule has 4 rings (SSSR count). The molecule has 0 fully saturated rings. The second kappa shape index (κ2) is 9.40. The lowest BCUT2D eigenvalue weighted by Crippen LogP contribution is -2.13. The van der Waals surface area contributed by atoms with Crippen LogP contribution in [0.15, 0.2) is 77.3 Å². The summed E-state index contributed by atoms with van der Waals surface area (Å²) >= 11 is 0. The van der Waals surface area contributed by atoms with E-state index in [1.165, 1.54) is 6.92 Å². The molecule has 4 aromatic rings. The van der Waals surface area contributed by atoms with Crippen molar-refractivity contribution in [3.05, 3.63) is 84.1 Å². The first-order valence-electron chi connectivity index (χ1n) is 10.2. The van der Waals surface area contributed by atoms with Crippen molar-refractivity contribution in [3.63, 3.8) is 0 Å². The van der Waals surface area contributed by atoms with E-state index < -0.39 is 0 Å². The molecule has 7 heteroatoms. The van der Waals surface area contributed by atoms with Gasteiger partial charge in [0, 0.05) is 22.9 Å². The number of Topliss-reactive ketones (excluding diaryl/α,β-unsaturated/α-hetero) is 1. The smallest absolute Gasteiger partial charge is 0.256 e. The van der Waals surface area contributed by atoms with Gasteiger partial charge in [-0.3, -0.25) is 9.59 Å². The van der Waals surface area contributed by atoms with Crippen LogP contribution >= 0.6 is 0 Å². The lowest BCUT2D eigenvalue weighted by atomic mass is 10.1. The van der Waals surface area contributed by atoms with Crippen LogP contribution in [0.5, 0.6) is 11.5 Å². The van der Waals surface area contributed by atoms with E-state index in [4.69, 9.17) is 13.9 Å². The Hall–Kier alpha value is -4.39. The predicted molar refractivity (Wildman–Crippen MR) is 125 cm³/mol. The molecule has 0 spiro atoms. The van der Waals surface area contributed by atoms with E-state index in [-0.39, 0.29) is 11.7 Å². The van der Waals surface area contributed by atoms with Gasteiger partial charge in [0.25, 0.3) is 5.91 Å². The number of nitrogens with one attached hydrogen (secondary N) is 1. The Morgan fingerprint density at radius 1 is 0.909 bits per heavy atom. The van der Waals surface area contributed by atoms with Crippen molar-refractivity contribution in [2.45, 2.75) is 6.92 Å². The fourth-order valence-electron chi connectivity index (χ4n) is 3.41. The first-order valence-corrected chi connectivity index (χ1v) is 10.2. The van der Waals surface area contributed by atoms with Crippen LogP contribution in [-0.2, 0) is 0 Å². The molecule has 1 heterocycles. The van der Waals surface area contributed by atoms with Crippen molar-refractivity contribution in [2.75, 3.05) is 19.5 Å². The zero-order chi connectivity index (χ0) is 23.4. The van der Waals surface area contributed by atoms with Gasteiger partial charge in [-0.1, -0.05) is 24.3 Å². The number of hydrogen-bond donors (Lipinski definition) is 1. The number of benzene rings is 3. The third-order valence-electron chi connectivity index (χ3n) is 5.11. The van der Waals surface area contributed by atoms with Crippen LogP contribution in [0.4, 0.5) is 5.69 Å². The molecular formula is C26H22N2O5. The molecule has 7 nitrogen and oxygen atoms in total. The molecule has 1 N–H and O–H groups in total. The molecule has 0 aliphatic carbocycles. The van der Waals surface area contributed by atoms with Gasteiger partial charge in [0.15, 0.2) is 11.5 Å². The van der Waals surface area contributed by atoms with Gasteiger partial charge in [-0.15, -0.1) is 0 Å². The number of oxazole rings is 1. The number of aromatic nitrogens is 1. The zero-order valence-electron chi connectivity index (χ0n) is 18.4. The minimum atomic E-state index is -0.340. The SMILES string of the molecule is COc1ccc(-c2cnc(-c3ccccc3C(=O)Nc3cccc(C(C)=O)c3)o2)c(OC)c1. The molecule has 0 radical (unpaired) electrons.